The fourth-order valence-corrected chi connectivity index (χ4v) is 3.75. The van der Waals surface area contributed by atoms with E-state index in [-0.39, 0.29) is 49.1 Å². The average molecular weight is 454 g/mol. The first-order chi connectivity index (χ1) is 15.8. The van der Waals surface area contributed by atoms with Gasteiger partial charge in [-0.2, -0.15) is 0 Å². The van der Waals surface area contributed by atoms with Crippen LogP contribution in [0.3, 0.4) is 0 Å². The SMILES string of the molecule is CC(C)c1ccc([C@@H]2/C(=C(\O)c3ccc([N+](=O)[O-])cc3)C(=O)C(=O)N2CCOCCO)cc1. The van der Waals surface area contributed by atoms with Gasteiger partial charge in [-0.15, -0.1) is 0 Å². The van der Waals surface area contributed by atoms with Gasteiger partial charge in [-0.3, -0.25) is 19.7 Å². The Morgan fingerprint density at radius 3 is 2.27 bits per heavy atom. The van der Waals surface area contributed by atoms with Crippen molar-refractivity contribution in [2.75, 3.05) is 26.4 Å². The molecule has 0 unspecified atom stereocenters. The highest BCUT2D eigenvalue weighted by Crippen LogP contribution is 2.39. The van der Waals surface area contributed by atoms with Crippen molar-refractivity contribution in [1.29, 1.82) is 0 Å². The van der Waals surface area contributed by atoms with Gasteiger partial charge in [0.15, 0.2) is 0 Å². The number of nitrogens with zero attached hydrogens (tertiary/aromatic N) is 2. The van der Waals surface area contributed by atoms with Crippen LogP contribution in [0.5, 0.6) is 0 Å². The lowest BCUT2D eigenvalue weighted by Gasteiger charge is -2.25. The molecule has 1 atom stereocenters. The van der Waals surface area contributed by atoms with E-state index in [9.17, 15) is 24.8 Å². The van der Waals surface area contributed by atoms with Crippen LogP contribution >= 0.6 is 0 Å². The monoisotopic (exact) mass is 454 g/mol. The number of amides is 1. The fraction of sp³-hybridized carbons (Fsp3) is 0.333. The molecule has 3 rings (SSSR count). The Labute approximate surface area is 191 Å². The maximum absolute atomic E-state index is 13.0. The zero-order valence-electron chi connectivity index (χ0n) is 18.4. The Hall–Kier alpha value is -3.56. The zero-order chi connectivity index (χ0) is 24.1. The van der Waals surface area contributed by atoms with Gasteiger partial charge in [-0.05, 0) is 29.2 Å². The largest absolute Gasteiger partial charge is 0.507 e. The highest BCUT2D eigenvalue weighted by atomic mass is 16.6. The fourth-order valence-electron chi connectivity index (χ4n) is 3.75. The summed E-state index contributed by atoms with van der Waals surface area (Å²) in [6, 6.07) is 11.7. The number of nitro benzene ring substituents is 1. The van der Waals surface area contributed by atoms with Crippen LogP contribution in [0.1, 0.15) is 42.5 Å². The molecule has 2 aromatic rings. The van der Waals surface area contributed by atoms with Crippen LogP contribution in [-0.2, 0) is 14.3 Å². The highest BCUT2D eigenvalue weighted by molar-refractivity contribution is 6.46. The number of ether oxygens (including phenoxy) is 1. The van der Waals surface area contributed by atoms with Gasteiger partial charge in [-0.25, -0.2) is 0 Å². The normalized spacial score (nSPS) is 17.7. The van der Waals surface area contributed by atoms with E-state index in [1.165, 1.54) is 29.2 Å². The van der Waals surface area contributed by atoms with Crippen LogP contribution in [0.2, 0.25) is 0 Å². The first kappa shape index (κ1) is 24.1. The summed E-state index contributed by atoms with van der Waals surface area (Å²) in [5.41, 5.74) is 1.67. The maximum atomic E-state index is 13.0. The summed E-state index contributed by atoms with van der Waals surface area (Å²) in [5, 5.41) is 30.8. The first-order valence-corrected chi connectivity index (χ1v) is 10.6. The van der Waals surface area contributed by atoms with Crippen molar-refractivity contribution >= 4 is 23.1 Å². The molecule has 33 heavy (non-hydrogen) atoms. The molecule has 1 amide bonds. The summed E-state index contributed by atoms with van der Waals surface area (Å²) in [6.45, 7) is 4.21. The summed E-state index contributed by atoms with van der Waals surface area (Å²) < 4.78 is 5.28. The molecule has 0 bridgehead atoms. The third-order valence-corrected chi connectivity index (χ3v) is 5.52. The Kier molecular flexibility index (Phi) is 7.57. The molecule has 1 fully saturated rings. The topological polar surface area (TPSA) is 130 Å². The van der Waals surface area contributed by atoms with Crippen LogP contribution in [0, 0.1) is 10.1 Å². The summed E-state index contributed by atoms with van der Waals surface area (Å²) in [7, 11) is 0. The summed E-state index contributed by atoms with van der Waals surface area (Å²) in [5.74, 6) is -1.73. The van der Waals surface area contributed by atoms with Crippen LogP contribution in [-0.4, -0.2) is 58.1 Å². The van der Waals surface area contributed by atoms with Crippen LogP contribution < -0.4 is 0 Å². The number of benzene rings is 2. The molecule has 0 spiro atoms. The van der Waals surface area contributed by atoms with Gasteiger partial charge in [-0.1, -0.05) is 38.1 Å². The second-order valence-corrected chi connectivity index (χ2v) is 7.95. The number of carbonyl (C=O) groups excluding carboxylic acids is 2. The molecule has 2 N–H and O–H groups in total. The molecular weight excluding hydrogens is 428 g/mol. The van der Waals surface area contributed by atoms with Crippen molar-refractivity contribution in [3.05, 3.63) is 80.9 Å². The third kappa shape index (κ3) is 5.10. The number of likely N-dealkylation sites (tertiary alicyclic amines) is 1. The summed E-state index contributed by atoms with van der Waals surface area (Å²) >= 11 is 0. The van der Waals surface area contributed by atoms with E-state index in [4.69, 9.17) is 9.84 Å². The first-order valence-electron chi connectivity index (χ1n) is 10.6. The maximum Gasteiger partial charge on any atom is 0.295 e. The van der Waals surface area contributed by atoms with Crippen molar-refractivity contribution in [3.8, 4) is 0 Å². The van der Waals surface area contributed by atoms with Crippen LogP contribution in [0.15, 0.2) is 54.1 Å². The van der Waals surface area contributed by atoms with E-state index < -0.39 is 28.4 Å². The van der Waals surface area contributed by atoms with E-state index >= 15 is 0 Å². The lowest BCUT2D eigenvalue weighted by molar-refractivity contribution is -0.384. The predicted molar refractivity (Wildman–Crippen MR) is 121 cm³/mol. The third-order valence-electron chi connectivity index (χ3n) is 5.52. The second kappa shape index (κ2) is 10.4. The van der Waals surface area contributed by atoms with Gasteiger partial charge in [0.25, 0.3) is 17.4 Å². The highest BCUT2D eigenvalue weighted by Gasteiger charge is 2.45. The molecular formula is C24H26N2O7. The molecule has 9 nitrogen and oxygen atoms in total. The predicted octanol–water partition coefficient (Wildman–Crippen LogP) is 3.15. The zero-order valence-corrected chi connectivity index (χ0v) is 18.4. The minimum atomic E-state index is -0.848. The number of aliphatic hydroxyl groups is 2. The lowest BCUT2D eigenvalue weighted by atomic mass is 9.93. The van der Waals surface area contributed by atoms with Gasteiger partial charge >= 0.3 is 0 Å². The van der Waals surface area contributed by atoms with Crippen molar-refractivity contribution in [3.63, 3.8) is 0 Å². The Morgan fingerprint density at radius 2 is 1.73 bits per heavy atom. The molecule has 0 saturated carbocycles. The van der Waals surface area contributed by atoms with Crippen LogP contribution in [0.25, 0.3) is 5.76 Å². The molecule has 9 heteroatoms. The van der Waals surface area contributed by atoms with Crippen molar-refractivity contribution in [2.24, 2.45) is 0 Å². The molecule has 1 aliphatic heterocycles. The number of aliphatic hydroxyl groups excluding tert-OH is 2. The Morgan fingerprint density at radius 1 is 1.09 bits per heavy atom. The number of nitro groups is 1. The standard InChI is InChI=1S/C24H26N2O7/c1-15(2)16-3-5-17(6-4-16)21-20(22(28)18-7-9-19(10-8-18)26(31)32)23(29)24(30)25(21)11-13-33-14-12-27/h3-10,15,21,27-28H,11-14H2,1-2H3/b22-20+/t21-/m1/s1. The smallest absolute Gasteiger partial charge is 0.295 e. The van der Waals surface area contributed by atoms with Gasteiger partial charge in [0, 0.05) is 24.2 Å². The quantitative estimate of drug-likeness (QED) is 0.149. The van der Waals surface area contributed by atoms with Crippen LogP contribution in [0.4, 0.5) is 5.69 Å². The number of rotatable bonds is 9. The van der Waals surface area contributed by atoms with Gasteiger partial charge in [0.2, 0.25) is 0 Å². The van der Waals surface area contributed by atoms with Gasteiger partial charge in [0.05, 0.1) is 36.4 Å². The molecule has 0 radical (unpaired) electrons. The number of hydrogen-bond acceptors (Lipinski definition) is 7. The number of ketones is 1. The van der Waals surface area contributed by atoms with Crippen molar-refractivity contribution in [2.45, 2.75) is 25.8 Å². The van der Waals surface area contributed by atoms with Gasteiger partial charge in [0.1, 0.15) is 5.76 Å². The Bertz CT molecular complexity index is 1060. The molecule has 174 valence electrons. The number of hydrogen-bond donors (Lipinski definition) is 2. The number of Topliss-reactive ketones (excluding diaryl/α,β-unsaturated/α-hetero) is 1. The summed E-state index contributed by atoms with van der Waals surface area (Å²) in [6.07, 6.45) is 0. The van der Waals surface area contributed by atoms with E-state index in [0.29, 0.717) is 5.56 Å². The Balaban J connectivity index is 2.06. The van der Waals surface area contributed by atoms with E-state index in [1.54, 1.807) is 0 Å². The lowest BCUT2D eigenvalue weighted by Crippen LogP contribution is -2.33. The van der Waals surface area contributed by atoms with Crippen molar-refractivity contribution < 1.29 is 29.5 Å². The molecule has 2 aromatic carbocycles. The van der Waals surface area contributed by atoms with E-state index in [0.717, 1.165) is 5.56 Å². The minimum Gasteiger partial charge on any atom is -0.507 e. The summed E-state index contributed by atoms with van der Waals surface area (Å²) in [4.78, 5) is 37.5. The van der Waals surface area contributed by atoms with E-state index in [1.807, 2.05) is 38.1 Å². The number of non-ortho nitro benzene ring substituents is 1. The van der Waals surface area contributed by atoms with Crippen molar-refractivity contribution in [1.82, 2.24) is 4.90 Å². The molecule has 1 heterocycles. The molecule has 0 aliphatic carbocycles. The second-order valence-electron chi connectivity index (χ2n) is 7.95. The number of carbonyl (C=O) groups is 2. The molecule has 1 saturated heterocycles. The average Bonchev–Trinajstić information content (AvgIpc) is 3.06. The van der Waals surface area contributed by atoms with E-state index in [2.05, 4.69) is 0 Å². The molecule has 1 aliphatic rings. The minimum absolute atomic E-state index is 0.0816. The van der Waals surface area contributed by atoms with Gasteiger partial charge < -0.3 is 19.8 Å². The molecule has 0 aromatic heterocycles.